The van der Waals surface area contributed by atoms with Crippen molar-refractivity contribution in [1.29, 1.82) is 0 Å². The van der Waals surface area contributed by atoms with Crippen molar-refractivity contribution >= 4 is 75.1 Å². The third-order valence-corrected chi connectivity index (χ3v) is 7.05. The smallest absolute Gasteiger partial charge is 0.355 e. The highest BCUT2D eigenvalue weighted by Crippen LogP contribution is 2.41. The molecule has 2 aliphatic heterocycles. The second-order valence-corrected chi connectivity index (χ2v) is 9.75. The Kier molecular flexibility index (Phi) is 7.51. The van der Waals surface area contributed by atoms with Crippen molar-refractivity contribution in [3.05, 3.63) is 34.0 Å². The lowest BCUT2D eigenvalue weighted by atomic mass is 10.0. The fraction of sp³-hybridized carbons (Fsp3) is 0.353. The summed E-state index contributed by atoms with van der Waals surface area (Å²) in [6.07, 6.45) is 1.88. The summed E-state index contributed by atoms with van der Waals surface area (Å²) in [6, 6.07) is -0.910. The molecule has 10 nitrogen and oxygen atoms in total. The molecule has 0 radical (unpaired) electrons. The number of nitrogens with zero attached hydrogens (tertiary/aromatic N) is 3. The lowest BCUT2D eigenvalue weighted by molar-refractivity contribution is -0.152. The summed E-state index contributed by atoms with van der Waals surface area (Å²) in [5.74, 6) is -0.912. The van der Waals surface area contributed by atoms with Crippen molar-refractivity contribution in [1.82, 2.24) is 15.2 Å². The van der Waals surface area contributed by atoms with Gasteiger partial charge in [-0.15, -0.1) is 23.1 Å². The van der Waals surface area contributed by atoms with Crippen molar-refractivity contribution < 1.29 is 24.3 Å². The second-order valence-electron chi connectivity index (χ2n) is 6.36. The maximum atomic E-state index is 12.9. The number of fused-ring (bicyclic) bond motifs is 1. The largest absolute Gasteiger partial charge is 0.455 e. The molecule has 2 atom stereocenters. The molecule has 2 aliphatic rings. The van der Waals surface area contributed by atoms with Gasteiger partial charge in [0.15, 0.2) is 10.8 Å². The number of aromatic nitrogens is 1. The van der Waals surface area contributed by atoms with Crippen LogP contribution in [0, 0.1) is 0 Å². The van der Waals surface area contributed by atoms with Crippen LogP contribution in [0.4, 0.5) is 5.13 Å². The number of nitrogen functional groups attached to an aromatic ring is 1. The van der Waals surface area contributed by atoms with Gasteiger partial charge in [0.1, 0.15) is 29.4 Å². The van der Waals surface area contributed by atoms with Crippen LogP contribution in [-0.4, -0.2) is 74.4 Å². The number of oxime groups is 1. The zero-order chi connectivity index (χ0) is 22.7. The third kappa shape index (κ3) is 4.84. The normalized spacial score (nSPS) is 20.8. The first-order valence-electron chi connectivity index (χ1n) is 8.68. The van der Waals surface area contributed by atoms with Gasteiger partial charge in [-0.25, -0.2) is 9.78 Å². The third-order valence-electron chi connectivity index (χ3n) is 4.29. The van der Waals surface area contributed by atoms with Gasteiger partial charge in [-0.3, -0.25) is 14.5 Å². The van der Waals surface area contributed by atoms with E-state index in [1.54, 1.807) is 0 Å². The predicted molar refractivity (Wildman–Crippen MR) is 121 cm³/mol. The Balaban J connectivity index is 1.77. The minimum Gasteiger partial charge on any atom is -0.455 e. The van der Waals surface area contributed by atoms with Crippen LogP contribution in [0.15, 0.2) is 33.4 Å². The maximum Gasteiger partial charge on any atom is 0.355 e. The molecule has 3 heterocycles. The number of amides is 2. The number of esters is 1. The van der Waals surface area contributed by atoms with Crippen LogP contribution < -0.4 is 11.1 Å². The van der Waals surface area contributed by atoms with Crippen LogP contribution in [0.3, 0.4) is 0 Å². The molecule has 0 aliphatic carbocycles. The van der Waals surface area contributed by atoms with E-state index in [1.165, 1.54) is 33.8 Å². The molecule has 14 heteroatoms. The van der Waals surface area contributed by atoms with Crippen molar-refractivity contribution in [2.45, 2.75) is 11.4 Å². The molecule has 0 bridgehead atoms. The molecule has 0 spiro atoms. The molecule has 0 saturated carbocycles. The highest BCUT2D eigenvalue weighted by molar-refractivity contribution is 8.00. The molecule has 2 amide bonds. The zero-order valence-electron chi connectivity index (χ0n) is 16.2. The van der Waals surface area contributed by atoms with E-state index in [0.717, 1.165) is 16.9 Å². The number of β-lactam (4-membered cyclic amide) rings is 1. The van der Waals surface area contributed by atoms with E-state index in [1.807, 2.05) is 6.26 Å². The summed E-state index contributed by atoms with van der Waals surface area (Å²) in [5.41, 5.74) is 6.20. The van der Waals surface area contributed by atoms with E-state index in [2.05, 4.69) is 22.0 Å². The first-order chi connectivity index (χ1) is 14.8. The summed E-state index contributed by atoms with van der Waals surface area (Å²) in [4.78, 5) is 43.3. The molecule has 1 saturated heterocycles. The summed E-state index contributed by atoms with van der Waals surface area (Å²) >= 11 is 9.67. The molecule has 4 N–H and O–H groups in total. The monoisotopic (exact) mass is 503 g/mol. The van der Waals surface area contributed by atoms with Crippen LogP contribution in [0.1, 0.15) is 5.69 Å². The van der Waals surface area contributed by atoms with Gasteiger partial charge in [-0.05, 0) is 11.8 Å². The van der Waals surface area contributed by atoms with Gasteiger partial charge in [-0.1, -0.05) is 23.3 Å². The van der Waals surface area contributed by atoms with Gasteiger partial charge in [-0.2, -0.15) is 11.8 Å². The summed E-state index contributed by atoms with van der Waals surface area (Å²) < 4.78 is 5.15. The molecule has 1 aromatic heterocycles. The van der Waals surface area contributed by atoms with Crippen molar-refractivity contribution in [3.63, 3.8) is 0 Å². The number of carbonyl (C=O) groups excluding carboxylic acids is 3. The van der Waals surface area contributed by atoms with Crippen LogP contribution in [0.5, 0.6) is 0 Å². The summed E-state index contributed by atoms with van der Waals surface area (Å²) in [5, 5.41) is 16.1. The van der Waals surface area contributed by atoms with E-state index in [4.69, 9.17) is 22.1 Å². The molecule has 166 valence electrons. The number of hydrogen-bond donors (Lipinski definition) is 3. The molecular formula is C17H18ClN5O5S3. The number of anilines is 1. The fourth-order valence-corrected chi connectivity index (χ4v) is 5.65. The van der Waals surface area contributed by atoms with Crippen LogP contribution in [0.2, 0.25) is 0 Å². The van der Waals surface area contributed by atoms with Crippen LogP contribution >= 0.6 is 46.5 Å². The lowest BCUT2D eigenvalue weighted by Crippen LogP contribution is -2.71. The Morgan fingerprint density at radius 2 is 2.32 bits per heavy atom. The van der Waals surface area contributed by atoms with E-state index in [0.29, 0.717) is 11.5 Å². The Morgan fingerprint density at radius 1 is 1.58 bits per heavy atom. The average Bonchev–Trinajstić information content (AvgIpc) is 3.16. The number of hydrogen-bond acceptors (Lipinski definition) is 11. The van der Waals surface area contributed by atoms with Gasteiger partial charge >= 0.3 is 5.97 Å². The number of rotatable bonds is 8. The Bertz CT molecular complexity index is 995. The molecular weight excluding hydrogens is 486 g/mol. The zero-order valence-corrected chi connectivity index (χ0v) is 19.4. The standard InChI is InChI=1S/C17H18ClN5O5S3/c1-7(18)3-28-16(26)12-8(4-29-2)5-30-15-11(14(25)23(12)15)21-13(24)10(22-27)9-6-31-17(19)20-9/h6,11,15,27H,1,3-5H2,2H3,(H2,19,20)(H,21,24)/t11?,15-/m1/s1. The molecule has 3 rings (SSSR count). The van der Waals surface area contributed by atoms with E-state index in [-0.39, 0.29) is 33.9 Å². The highest BCUT2D eigenvalue weighted by Gasteiger charge is 2.54. The molecule has 31 heavy (non-hydrogen) atoms. The SMILES string of the molecule is C=C(Cl)COC(=O)C1=C(CSC)CS[C@@H]2C(NC(=O)C(=NO)c3csc(N)n3)C(=O)N12. The quantitative estimate of drug-likeness (QED) is 0.156. The highest BCUT2D eigenvalue weighted by atomic mass is 35.5. The molecule has 1 unspecified atom stereocenters. The minimum absolute atomic E-state index is 0.0927. The van der Waals surface area contributed by atoms with Gasteiger partial charge in [0.2, 0.25) is 0 Å². The number of carbonyl (C=O) groups is 3. The van der Waals surface area contributed by atoms with E-state index >= 15 is 0 Å². The topological polar surface area (TPSA) is 147 Å². The molecule has 1 aromatic rings. The van der Waals surface area contributed by atoms with Gasteiger partial charge in [0, 0.05) is 21.9 Å². The number of nitrogens with two attached hydrogens (primary N) is 1. The fourth-order valence-electron chi connectivity index (χ4n) is 2.99. The number of nitrogens with one attached hydrogen (secondary N) is 1. The first-order valence-corrected chi connectivity index (χ1v) is 12.4. The summed E-state index contributed by atoms with van der Waals surface area (Å²) in [7, 11) is 0. The lowest BCUT2D eigenvalue weighted by Gasteiger charge is -2.49. The van der Waals surface area contributed by atoms with Gasteiger partial charge in [0.05, 0.1) is 0 Å². The maximum absolute atomic E-state index is 12.9. The minimum atomic E-state index is -0.910. The number of thioether (sulfide) groups is 2. The molecule has 1 fully saturated rings. The van der Waals surface area contributed by atoms with Crippen molar-refractivity contribution in [2.75, 3.05) is 30.1 Å². The average molecular weight is 504 g/mol. The molecule has 0 aromatic carbocycles. The van der Waals surface area contributed by atoms with Crippen molar-refractivity contribution in [2.24, 2.45) is 5.16 Å². The van der Waals surface area contributed by atoms with Crippen LogP contribution in [-0.2, 0) is 19.1 Å². The Hall–Kier alpha value is -2.22. The van der Waals surface area contributed by atoms with Gasteiger partial charge in [0.25, 0.3) is 11.8 Å². The number of thiazole rings is 1. The number of ether oxygens (including phenoxy) is 1. The van der Waals surface area contributed by atoms with E-state index < -0.39 is 29.2 Å². The van der Waals surface area contributed by atoms with Gasteiger partial charge < -0.3 is 21.0 Å². The van der Waals surface area contributed by atoms with E-state index in [9.17, 15) is 19.6 Å². The Labute approximate surface area is 194 Å². The Morgan fingerprint density at radius 3 is 2.90 bits per heavy atom. The van der Waals surface area contributed by atoms with Crippen LogP contribution in [0.25, 0.3) is 0 Å². The predicted octanol–water partition coefficient (Wildman–Crippen LogP) is 1.22. The first kappa shape index (κ1) is 23.4. The van der Waals surface area contributed by atoms with Crippen molar-refractivity contribution in [3.8, 4) is 0 Å². The number of halogens is 1. The summed E-state index contributed by atoms with van der Waals surface area (Å²) in [6.45, 7) is 3.30. The second kappa shape index (κ2) is 9.94.